The summed E-state index contributed by atoms with van der Waals surface area (Å²) in [6, 6.07) is 2.86. The van der Waals surface area contributed by atoms with Crippen LogP contribution in [0.15, 0.2) is 0 Å². The van der Waals surface area contributed by atoms with E-state index in [2.05, 4.69) is 16.9 Å². The van der Waals surface area contributed by atoms with E-state index in [-0.39, 0.29) is 0 Å². The van der Waals surface area contributed by atoms with Crippen LogP contribution in [0.25, 0.3) is 0 Å². The molecule has 0 aromatic carbocycles. The highest BCUT2D eigenvalue weighted by atomic mass is 15.3. The Hall–Kier alpha value is -0.590. The van der Waals surface area contributed by atoms with Crippen molar-refractivity contribution in [2.45, 2.75) is 38.1 Å². The highest BCUT2D eigenvalue weighted by Crippen LogP contribution is 2.25. The number of hydrogen-bond donors (Lipinski definition) is 2. The molecule has 0 aliphatic heterocycles. The van der Waals surface area contributed by atoms with E-state index in [1.807, 2.05) is 7.05 Å². The van der Waals surface area contributed by atoms with Gasteiger partial charge in [-0.3, -0.25) is 10.9 Å². The Morgan fingerprint density at radius 2 is 2.00 bits per heavy atom. The van der Waals surface area contributed by atoms with E-state index in [4.69, 9.17) is 5.26 Å². The molecule has 0 amide bonds. The molecule has 1 aliphatic rings. The molecule has 0 atom stereocenters. The van der Waals surface area contributed by atoms with Gasteiger partial charge in [0, 0.05) is 12.5 Å². The monoisotopic (exact) mass is 167 g/mol. The Bertz CT molecular complexity index is 154. The number of rotatable bonds is 3. The predicted octanol–water partition coefficient (Wildman–Crippen LogP) is 1.18. The van der Waals surface area contributed by atoms with Gasteiger partial charge in [-0.15, -0.1) is 0 Å². The third kappa shape index (κ3) is 2.80. The van der Waals surface area contributed by atoms with Gasteiger partial charge >= 0.3 is 0 Å². The van der Waals surface area contributed by atoms with Gasteiger partial charge < -0.3 is 0 Å². The first-order chi connectivity index (χ1) is 5.86. The lowest BCUT2D eigenvalue weighted by molar-refractivity contribution is 0.280. The van der Waals surface area contributed by atoms with Crippen LogP contribution in [0.5, 0.6) is 0 Å². The van der Waals surface area contributed by atoms with E-state index in [1.165, 1.54) is 25.7 Å². The number of hydrogen-bond acceptors (Lipinski definition) is 3. The molecule has 0 spiro atoms. The van der Waals surface area contributed by atoms with Crippen molar-refractivity contribution in [3.8, 4) is 6.07 Å². The smallest absolute Gasteiger partial charge is 0.0624 e. The maximum absolute atomic E-state index is 8.51. The van der Waals surface area contributed by atoms with E-state index >= 15 is 0 Å². The average Bonchev–Trinajstić information content (AvgIpc) is 2.09. The largest absolute Gasteiger partial charge is 0.261 e. The first-order valence-electron chi connectivity index (χ1n) is 4.66. The van der Waals surface area contributed by atoms with Crippen LogP contribution in [0.3, 0.4) is 0 Å². The van der Waals surface area contributed by atoms with Crippen molar-refractivity contribution in [2.75, 3.05) is 7.05 Å². The van der Waals surface area contributed by atoms with Crippen LogP contribution in [-0.4, -0.2) is 13.1 Å². The molecule has 1 rings (SSSR count). The van der Waals surface area contributed by atoms with E-state index in [0.717, 1.165) is 6.42 Å². The van der Waals surface area contributed by atoms with Crippen LogP contribution in [-0.2, 0) is 0 Å². The Kier molecular flexibility index (Phi) is 4.06. The van der Waals surface area contributed by atoms with E-state index in [1.54, 1.807) is 0 Å². The standard InChI is InChI=1S/C9H17N3/c1-11-12-9-4-2-8(3-5-9)6-7-10/h8-9,11-12H,2-6H2,1H3. The Balaban J connectivity index is 2.16. The molecule has 0 radical (unpaired) electrons. The summed E-state index contributed by atoms with van der Waals surface area (Å²) >= 11 is 0. The third-order valence-corrected chi connectivity index (χ3v) is 2.58. The first-order valence-corrected chi connectivity index (χ1v) is 4.66. The van der Waals surface area contributed by atoms with Crippen molar-refractivity contribution in [3.63, 3.8) is 0 Å². The summed E-state index contributed by atoms with van der Waals surface area (Å²) in [6.45, 7) is 0. The molecular weight excluding hydrogens is 150 g/mol. The molecule has 0 saturated heterocycles. The number of nitrogens with one attached hydrogen (secondary N) is 2. The second-order valence-corrected chi connectivity index (χ2v) is 3.47. The molecule has 68 valence electrons. The van der Waals surface area contributed by atoms with Crippen LogP contribution >= 0.6 is 0 Å². The van der Waals surface area contributed by atoms with Crippen molar-refractivity contribution in [2.24, 2.45) is 5.92 Å². The highest BCUT2D eigenvalue weighted by Gasteiger charge is 2.19. The van der Waals surface area contributed by atoms with Crippen molar-refractivity contribution in [1.82, 2.24) is 10.9 Å². The number of nitriles is 1. The third-order valence-electron chi connectivity index (χ3n) is 2.58. The Labute approximate surface area is 74.1 Å². The van der Waals surface area contributed by atoms with Crippen molar-refractivity contribution in [1.29, 1.82) is 5.26 Å². The Morgan fingerprint density at radius 3 is 2.50 bits per heavy atom. The van der Waals surface area contributed by atoms with E-state index in [9.17, 15) is 0 Å². The van der Waals surface area contributed by atoms with Gasteiger partial charge in [0.25, 0.3) is 0 Å². The zero-order valence-electron chi connectivity index (χ0n) is 7.64. The van der Waals surface area contributed by atoms with Crippen LogP contribution in [0.4, 0.5) is 0 Å². The lowest BCUT2D eigenvalue weighted by atomic mass is 9.85. The Morgan fingerprint density at radius 1 is 1.33 bits per heavy atom. The summed E-state index contributed by atoms with van der Waals surface area (Å²) < 4.78 is 0. The van der Waals surface area contributed by atoms with Gasteiger partial charge in [-0.2, -0.15) is 5.26 Å². The summed E-state index contributed by atoms with van der Waals surface area (Å²) in [5.41, 5.74) is 6.18. The predicted molar refractivity (Wildman–Crippen MR) is 48.2 cm³/mol. The molecular formula is C9H17N3. The minimum Gasteiger partial charge on any atom is -0.261 e. The van der Waals surface area contributed by atoms with Crippen LogP contribution in [0.1, 0.15) is 32.1 Å². The van der Waals surface area contributed by atoms with Gasteiger partial charge in [0.05, 0.1) is 6.07 Å². The second-order valence-electron chi connectivity index (χ2n) is 3.47. The molecule has 2 N–H and O–H groups in total. The van der Waals surface area contributed by atoms with E-state index in [0.29, 0.717) is 12.0 Å². The highest BCUT2D eigenvalue weighted by molar-refractivity contribution is 4.82. The minimum atomic E-state index is 0.616. The molecule has 0 aromatic rings. The first kappa shape index (κ1) is 9.50. The fraction of sp³-hybridized carbons (Fsp3) is 0.889. The summed E-state index contributed by atoms with van der Waals surface area (Å²) in [5, 5.41) is 8.51. The average molecular weight is 167 g/mol. The van der Waals surface area contributed by atoms with Gasteiger partial charge in [0.15, 0.2) is 0 Å². The molecule has 0 heterocycles. The molecule has 0 aromatic heterocycles. The topological polar surface area (TPSA) is 47.8 Å². The van der Waals surface area contributed by atoms with Gasteiger partial charge in [-0.25, -0.2) is 0 Å². The molecule has 1 saturated carbocycles. The SMILES string of the molecule is CNNC1CCC(CC#N)CC1. The normalized spacial score (nSPS) is 29.7. The van der Waals surface area contributed by atoms with Crippen molar-refractivity contribution in [3.05, 3.63) is 0 Å². The molecule has 1 fully saturated rings. The summed E-state index contributed by atoms with van der Waals surface area (Å²) in [5.74, 6) is 0.657. The molecule has 3 nitrogen and oxygen atoms in total. The zero-order chi connectivity index (χ0) is 8.81. The molecule has 3 heteroatoms. The summed E-state index contributed by atoms with van der Waals surface area (Å²) in [7, 11) is 1.90. The quantitative estimate of drug-likeness (QED) is 0.621. The van der Waals surface area contributed by atoms with Crippen LogP contribution in [0.2, 0.25) is 0 Å². The van der Waals surface area contributed by atoms with Gasteiger partial charge in [-0.1, -0.05) is 0 Å². The summed E-state index contributed by atoms with van der Waals surface area (Å²) in [6.07, 6.45) is 5.55. The van der Waals surface area contributed by atoms with Crippen LogP contribution < -0.4 is 10.9 Å². The van der Waals surface area contributed by atoms with Crippen LogP contribution in [0, 0.1) is 17.2 Å². The zero-order valence-corrected chi connectivity index (χ0v) is 7.64. The van der Waals surface area contributed by atoms with E-state index < -0.39 is 0 Å². The van der Waals surface area contributed by atoms with Gasteiger partial charge in [0.1, 0.15) is 0 Å². The number of hydrazine groups is 1. The van der Waals surface area contributed by atoms with Gasteiger partial charge in [0.2, 0.25) is 0 Å². The molecule has 12 heavy (non-hydrogen) atoms. The molecule has 0 bridgehead atoms. The lowest BCUT2D eigenvalue weighted by Crippen LogP contribution is -2.40. The lowest BCUT2D eigenvalue weighted by Gasteiger charge is -2.27. The number of nitrogens with zero attached hydrogens (tertiary/aromatic N) is 1. The van der Waals surface area contributed by atoms with Crippen molar-refractivity contribution < 1.29 is 0 Å². The maximum Gasteiger partial charge on any atom is 0.0624 e. The fourth-order valence-corrected chi connectivity index (χ4v) is 1.84. The minimum absolute atomic E-state index is 0.616. The molecule has 1 aliphatic carbocycles. The maximum atomic E-state index is 8.51. The molecule has 0 unspecified atom stereocenters. The second kappa shape index (κ2) is 5.13. The fourth-order valence-electron chi connectivity index (χ4n) is 1.84. The summed E-state index contributed by atoms with van der Waals surface area (Å²) in [4.78, 5) is 0. The van der Waals surface area contributed by atoms with Gasteiger partial charge in [-0.05, 0) is 38.6 Å². The van der Waals surface area contributed by atoms with Crippen molar-refractivity contribution >= 4 is 0 Å².